The predicted molar refractivity (Wildman–Crippen MR) is 46.2 cm³/mol. The molecule has 0 saturated carbocycles. The van der Waals surface area contributed by atoms with Crippen molar-refractivity contribution in [1.29, 1.82) is 0 Å². The minimum Gasteiger partial charge on any atom is -0.502 e. The van der Waals surface area contributed by atoms with Gasteiger partial charge in [0.15, 0.2) is 0 Å². The fraction of sp³-hybridized carbons (Fsp3) is 0.750. The van der Waals surface area contributed by atoms with Crippen molar-refractivity contribution in [2.75, 3.05) is 0 Å². The molecular formula is C8H14OS. The van der Waals surface area contributed by atoms with E-state index in [2.05, 4.69) is 27.7 Å². The lowest BCUT2D eigenvalue weighted by Crippen LogP contribution is -2.30. The second-order valence-electron chi connectivity index (χ2n) is 3.82. The number of aliphatic hydroxyl groups excluding tert-OH is 1. The van der Waals surface area contributed by atoms with Crippen molar-refractivity contribution in [1.82, 2.24) is 0 Å². The van der Waals surface area contributed by atoms with E-state index in [9.17, 15) is 5.11 Å². The molecule has 0 saturated heterocycles. The van der Waals surface area contributed by atoms with Crippen LogP contribution >= 0.6 is 11.8 Å². The van der Waals surface area contributed by atoms with Crippen LogP contribution in [0.2, 0.25) is 0 Å². The van der Waals surface area contributed by atoms with E-state index in [4.69, 9.17) is 0 Å². The first-order chi connectivity index (χ1) is 4.35. The summed E-state index contributed by atoms with van der Waals surface area (Å²) in [6, 6.07) is 0. The van der Waals surface area contributed by atoms with E-state index in [-0.39, 0.29) is 10.2 Å². The Hall–Kier alpha value is -0.110. The number of aliphatic hydroxyl groups is 1. The van der Waals surface area contributed by atoms with Gasteiger partial charge in [-0.25, -0.2) is 0 Å². The SMILES string of the molecule is CC1(C)C=C(O)SC1(C)C. The van der Waals surface area contributed by atoms with Crippen molar-refractivity contribution >= 4 is 11.8 Å². The Kier molecular flexibility index (Phi) is 1.55. The lowest BCUT2D eigenvalue weighted by molar-refractivity contribution is 0.374. The standard InChI is InChI=1S/C8H14OS/c1-7(2)5-6(9)10-8(7,3)4/h5,9H,1-4H3. The van der Waals surface area contributed by atoms with E-state index in [1.807, 2.05) is 6.08 Å². The van der Waals surface area contributed by atoms with Crippen molar-refractivity contribution in [2.24, 2.45) is 5.41 Å². The third-order valence-corrected chi connectivity index (χ3v) is 3.76. The first-order valence-electron chi connectivity index (χ1n) is 3.46. The summed E-state index contributed by atoms with van der Waals surface area (Å²) >= 11 is 1.55. The van der Waals surface area contributed by atoms with Crippen LogP contribution in [0.5, 0.6) is 0 Å². The van der Waals surface area contributed by atoms with E-state index in [1.165, 1.54) is 0 Å². The average Bonchev–Trinajstić information content (AvgIpc) is 1.73. The van der Waals surface area contributed by atoms with Crippen LogP contribution in [0.25, 0.3) is 0 Å². The summed E-state index contributed by atoms with van der Waals surface area (Å²) in [6.45, 7) is 8.58. The third-order valence-electron chi connectivity index (χ3n) is 2.40. The maximum Gasteiger partial charge on any atom is 0.146 e. The molecule has 0 aromatic rings. The molecule has 0 unspecified atom stereocenters. The fourth-order valence-corrected chi connectivity index (χ4v) is 2.10. The molecule has 0 fully saturated rings. The monoisotopic (exact) mass is 158 g/mol. The van der Waals surface area contributed by atoms with Crippen molar-refractivity contribution in [3.05, 3.63) is 11.2 Å². The molecule has 58 valence electrons. The Morgan fingerprint density at radius 1 is 1.30 bits per heavy atom. The molecule has 0 aromatic heterocycles. The molecular weight excluding hydrogens is 144 g/mol. The number of hydrogen-bond donors (Lipinski definition) is 1. The normalized spacial score (nSPS) is 28.2. The molecule has 0 aliphatic carbocycles. The molecule has 1 heterocycles. The van der Waals surface area contributed by atoms with Crippen LogP contribution in [0.3, 0.4) is 0 Å². The first kappa shape index (κ1) is 7.99. The molecule has 10 heavy (non-hydrogen) atoms. The van der Waals surface area contributed by atoms with Gasteiger partial charge >= 0.3 is 0 Å². The van der Waals surface area contributed by atoms with Crippen LogP contribution in [0.1, 0.15) is 27.7 Å². The van der Waals surface area contributed by atoms with E-state index in [0.717, 1.165) is 0 Å². The van der Waals surface area contributed by atoms with Gasteiger partial charge in [-0.3, -0.25) is 0 Å². The first-order valence-corrected chi connectivity index (χ1v) is 4.28. The van der Waals surface area contributed by atoms with Crippen LogP contribution in [0, 0.1) is 5.41 Å². The summed E-state index contributed by atoms with van der Waals surface area (Å²) in [6.07, 6.45) is 1.93. The fourth-order valence-electron chi connectivity index (χ4n) is 0.905. The molecule has 1 nitrogen and oxygen atoms in total. The molecule has 0 aromatic carbocycles. The molecule has 0 bridgehead atoms. The highest BCUT2D eigenvalue weighted by atomic mass is 32.2. The third kappa shape index (κ3) is 1.05. The Morgan fingerprint density at radius 2 is 1.80 bits per heavy atom. The smallest absolute Gasteiger partial charge is 0.146 e. The Balaban J connectivity index is 2.92. The minimum atomic E-state index is 0.113. The molecule has 1 aliphatic rings. The number of thioether (sulfide) groups is 1. The number of hydrogen-bond acceptors (Lipinski definition) is 2. The summed E-state index contributed by atoms with van der Waals surface area (Å²) in [5.74, 6) is 0. The van der Waals surface area contributed by atoms with E-state index in [0.29, 0.717) is 5.09 Å². The summed E-state index contributed by atoms with van der Waals surface area (Å²) in [4.78, 5) is 0. The van der Waals surface area contributed by atoms with Gasteiger partial charge in [0, 0.05) is 10.2 Å². The summed E-state index contributed by atoms with van der Waals surface area (Å²) in [5, 5.41) is 9.69. The van der Waals surface area contributed by atoms with E-state index in [1.54, 1.807) is 11.8 Å². The summed E-state index contributed by atoms with van der Waals surface area (Å²) in [7, 11) is 0. The highest BCUT2D eigenvalue weighted by Gasteiger charge is 2.42. The van der Waals surface area contributed by atoms with Gasteiger partial charge in [0.25, 0.3) is 0 Å². The second kappa shape index (κ2) is 1.94. The van der Waals surface area contributed by atoms with Crippen LogP contribution in [-0.4, -0.2) is 9.85 Å². The molecule has 0 atom stereocenters. The Morgan fingerprint density at radius 3 is 1.90 bits per heavy atom. The van der Waals surface area contributed by atoms with Gasteiger partial charge in [0.05, 0.1) is 0 Å². The zero-order chi connectivity index (χ0) is 7.99. The van der Waals surface area contributed by atoms with Gasteiger partial charge in [-0.05, 0) is 19.9 Å². The van der Waals surface area contributed by atoms with Gasteiger partial charge in [-0.15, -0.1) is 0 Å². The Labute approximate surface area is 66.5 Å². The van der Waals surface area contributed by atoms with Gasteiger partial charge < -0.3 is 5.11 Å². The average molecular weight is 158 g/mol. The highest BCUT2D eigenvalue weighted by molar-refractivity contribution is 8.04. The van der Waals surface area contributed by atoms with Crippen LogP contribution in [0.15, 0.2) is 11.2 Å². The van der Waals surface area contributed by atoms with E-state index >= 15 is 0 Å². The van der Waals surface area contributed by atoms with Crippen molar-refractivity contribution < 1.29 is 5.11 Å². The molecule has 1 aliphatic heterocycles. The summed E-state index contributed by atoms with van der Waals surface area (Å²) in [5.41, 5.74) is 0.113. The van der Waals surface area contributed by atoms with Crippen LogP contribution in [-0.2, 0) is 0 Å². The van der Waals surface area contributed by atoms with Crippen LogP contribution in [0.4, 0.5) is 0 Å². The minimum absolute atomic E-state index is 0.113. The summed E-state index contributed by atoms with van der Waals surface area (Å²) < 4.78 is 0.136. The van der Waals surface area contributed by atoms with Crippen molar-refractivity contribution in [3.63, 3.8) is 0 Å². The maximum absolute atomic E-state index is 9.22. The number of allylic oxidation sites excluding steroid dienone is 1. The topological polar surface area (TPSA) is 20.2 Å². The second-order valence-corrected chi connectivity index (χ2v) is 5.46. The predicted octanol–water partition coefficient (Wildman–Crippen LogP) is 2.94. The van der Waals surface area contributed by atoms with Gasteiger partial charge in [0.1, 0.15) is 5.09 Å². The van der Waals surface area contributed by atoms with Gasteiger partial charge in [-0.1, -0.05) is 25.6 Å². The van der Waals surface area contributed by atoms with Crippen molar-refractivity contribution in [3.8, 4) is 0 Å². The molecule has 0 spiro atoms. The van der Waals surface area contributed by atoms with E-state index < -0.39 is 0 Å². The maximum atomic E-state index is 9.22. The van der Waals surface area contributed by atoms with Gasteiger partial charge in [0.2, 0.25) is 0 Å². The quantitative estimate of drug-likeness (QED) is 0.585. The van der Waals surface area contributed by atoms with Gasteiger partial charge in [-0.2, -0.15) is 0 Å². The molecule has 0 amide bonds. The largest absolute Gasteiger partial charge is 0.502 e. The lowest BCUT2D eigenvalue weighted by Gasteiger charge is -2.32. The zero-order valence-corrected chi connectivity index (χ0v) is 7.75. The zero-order valence-electron chi connectivity index (χ0n) is 6.93. The molecule has 2 heteroatoms. The lowest BCUT2D eigenvalue weighted by atomic mass is 9.81. The highest BCUT2D eigenvalue weighted by Crippen LogP contribution is 2.51. The Bertz CT molecular complexity index is 180. The van der Waals surface area contributed by atoms with Crippen molar-refractivity contribution in [2.45, 2.75) is 32.4 Å². The molecule has 1 N–H and O–H groups in total. The molecule has 1 rings (SSSR count). The van der Waals surface area contributed by atoms with Crippen LogP contribution < -0.4 is 0 Å². The molecule has 0 radical (unpaired) electrons. The number of rotatable bonds is 0.